The number of benzene rings is 1. The summed E-state index contributed by atoms with van der Waals surface area (Å²) in [7, 11) is 0. The smallest absolute Gasteiger partial charge is 0.115 e. The van der Waals surface area contributed by atoms with Gasteiger partial charge in [-0.2, -0.15) is 0 Å². The van der Waals surface area contributed by atoms with Crippen molar-refractivity contribution in [3.05, 3.63) is 60.8 Å². The van der Waals surface area contributed by atoms with Crippen molar-refractivity contribution in [2.75, 3.05) is 5.73 Å². The lowest BCUT2D eigenvalue weighted by atomic mass is 9.99. The van der Waals surface area contributed by atoms with E-state index < -0.39 is 0 Å². The fourth-order valence-corrected chi connectivity index (χ4v) is 1.92. The van der Waals surface area contributed by atoms with E-state index in [9.17, 15) is 0 Å². The molecule has 0 radical (unpaired) electrons. The molecule has 1 aromatic carbocycles. The van der Waals surface area contributed by atoms with Gasteiger partial charge in [-0.15, -0.1) is 0 Å². The molecule has 0 saturated heterocycles. The third-order valence-corrected chi connectivity index (χ3v) is 2.76. The minimum Gasteiger partial charge on any atom is -0.399 e. The Labute approximate surface area is 118 Å². The molecule has 0 saturated carbocycles. The maximum absolute atomic E-state index is 5.99. The fourth-order valence-electron chi connectivity index (χ4n) is 1.92. The zero-order valence-electron chi connectivity index (χ0n) is 11.3. The van der Waals surface area contributed by atoms with Crippen molar-refractivity contribution >= 4 is 18.0 Å². The minimum absolute atomic E-state index is 0.681. The highest BCUT2D eigenvalue weighted by Gasteiger charge is 2.05. The molecular formula is C16H16N4. The average molecular weight is 264 g/mol. The molecule has 0 aliphatic carbocycles. The summed E-state index contributed by atoms with van der Waals surface area (Å²) in [6, 6.07) is 5.84. The van der Waals surface area contributed by atoms with Crippen LogP contribution in [0.3, 0.4) is 0 Å². The van der Waals surface area contributed by atoms with Gasteiger partial charge in [0, 0.05) is 29.8 Å². The van der Waals surface area contributed by atoms with Crippen LogP contribution in [-0.2, 0) is 0 Å². The highest BCUT2D eigenvalue weighted by Crippen LogP contribution is 2.27. The van der Waals surface area contributed by atoms with Gasteiger partial charge >= 0.3 is 0 Å². The normalized spacial score (nSPS) is 11.8. The van der Waals surface area contributed by atoms with Crippen LogP contribution in [0.5, 0.6) is 0 Å². The van der Waals surface area contributed by atoms with Gasteiger partial charge in [-0.1, -0.05) is 12.2 Å². The van der Waals surface area contributed by atoms with Gasteiger partial charge in [0.1, 0.15) is 6.33 Å². The summed E-state index contributed by atoms with van der Waals surface area (Å²) < 4.78 is 0. The van der Waals surface area contributed by atoms with E-state index in [-0.39, 0.29) is 0 Å². The first kappa shape index (κ1) is 13.7. The first-order valence-corrected chi connectivity index (χ1v) is 6.19. The van der Waals surface area contributed by atoms with Crippen LogP contribution >= 0.6 is 0 Å². The third-order valence-electron chi connectivity index (χ3n) is 2.76. The number of nitrogens with two attached hydrogens (primary N) is 1. The number of rotatable bonds is 4. The molecule has 20 heavy (non-hydrogen) atoms. The molecule has 0 spiro atoms. The summed E-state index contributed by atoms with van der Waals surface area (Å²) >= 11 is 0. The molecule has 0 atom stereocenters. The molecule has 1 heterocycles. The fraction of sp³-hybridized carbons (Fsp3) is 0.0625. The van der Waals surface area contributed by atoms with E-state index in [0.717, 1.165) is 22.3 Å². The van der Waals surface area contributed by atoms with Crippen LogP contribution in [0.4, 0.5) is 5.69 Å². The monoisotopic (exact) mass is 264 g/mol. The van der Waals surface area contributed by atoms with Gasteiger partial charge in [0.25, 0.3) is 0 Å². The van der Waals surface area contributed by atoms with Crippen molar-refractivity contribution in [1.29, 1.82) is 0 Å². The third kappa shape index (κ3) is 3.17. The van der Waals surface area contributed by atoms with Crippen LogP contribution in [0.15, 0.2) is 60.3 Å². The molecular weight excluding hydrogens is 248 g/mol. The van der Waals surface area contributed by atoms with Crippen molar-refractivity contribution in [2.45, 2.75) is 6.92 Å². The number of nitrogens with zero attached hydrogens (tertiary/aromatic N) is 3. The molecule has 4 nitrogen and oxygen atoms in total. The first-order chi connectivity index (χ1) is 9.74. The number of aromatic nitrogens is 2. The van der Waals surface area contributed by atoms with Gasteiger partial charge < -0.3 is 5.73 Å². The predicted molar refractivity (Wildman–Crippen MR) is 84.2 cm³/mol. The Morgan fingerprint density at radius 2 is 1.95 bits per heavy atom. The molecule has 0 fully saturated rings. The van der Waals surface area contributed by atoms with Crippen molar-refractivity contribution in [1.82, 2.24) is 9.97 Å². The SMILES string of the molecule is C=N/C=C(\C=C/C)c1cc(N)cc(-c2cncnc2)c1. The number of allylic oxidation sites excluding steroid dienone is 3. The summed E-state index contributed by atoms with van der Waals surface area (Å²) in [5, 5.41) is 0. The van der Waals surface area contributed by atoms with Crippen LogP contribution in [0.1, 0.15) is 12.5 Å². The zero-order valence-corrected chi connectivity index (χ0v) is 11.3. The second-order valence-electron chi connectivity index (χ2n) is 4.24. The van der Waals surface area contributed by atoms with Gasteiger partial charge in [-0.3, -0.25) is 4.99 Å². The molecule has 2 N–H and O–H groups in total. The lowest BCUT2D eigenvalue weighted by Gasteiger charge is -2.08. The lowest BCUT2D eigenvalue weighted by Crippen LogP contribution is -1.91. The number of hydrogen-bond acceptors (Lipinski definition) is 4. The lowest BCUT2D eigenvalue weighted by molar-refractivity contribution is 1.17. The van der Waals surface area contributed by atoms with Crippen molar-refractivity contribution in [3.63, 3.8) is 0 Å². The average Bonchev–Trinajstić information content (AvgIpc) is 2.47. The van der Waals surface area contributed by atoms with E-state index in [1.54, 1.807) is 18.6 Å². The molecule has 0 unspecified atom stereocenters. The van der Waals surface area contributed by atoms with Crippen LogP contribution in [0.2, 0.25) is 0 Å². The summed E-state index contributed by atoms with van der Waals surface area (Å²) in [5.74, 6) is 0. The Balaban J connectivity index is 2.54. The number of aliphatic imine (C=N–C) groups is 1. The molecule has 0 aliphatic heterocycles. The van der Waals surface area contributed by atoms with Crippen molar-refractivity contribution in [3.8, 4) is 11.1 Å². The Morgan fingerprint density at radius 1 is 1.20 bits per heavy atom. The van der Waals surface area contributed by atoms with Crippen molar-refractivity contribution < 1.29 is 0 Å². The van der Waals surface area contributed by atoms with Crippen LogP contribution in [0, 0.1) is 0 Å². The zero-order chi connectivity index (χ0) is 14.4. The van der Waals surface area contributed by atoms with Gasteiger partial charge in [0.15, 0.2) is 0 Å². The van der Waals surface area contributed by atoms with E-state index in [1.807, 2.05) is 37.3 Å². The maximum atomic E-state index is 5.99. The Bertz CT molecular complexity index is 657. The van der Waals surface area contributed by atoms with Crippen molar-refractivity contribution in [2.24, 2.45) is 4.99 Å². The second kappa shape index (κ2) is 6.43. The quantitative estimate of drug-likeness (QED) is 0.523. The highest BCUT2D eigenvalue weighted by atomic mass is 14.8. The molecule has 1 aromatic heterocycles. The molecule has 0 bridgehead atoms. The summed E-state index contributed by atoms with van der Waals surface area (Å²) in [5.41, 5.74) is 10.5. The van der Waals surface area contributed by atoms with E-state index in [1.165, 1.54) is 6.33 Å². The van der Waals surface area contributed by atoms with Gasteiger partial charge in [0.2, 0.25) is 0 Å². The Kier molecular flexibility index (Phi) is 4.39. The minimum atomic E-state index is 0.681. The highest BCUT2D eigenvalue weighted by molar-refractivity contribution is 5.80. The number of hydrogen-bond donors (Lipinski definition) is 1. The second-order valence-corrected chi connectivity index (χ2v) is 4.24. The largest absolute Gasteiger partial charge is 0.399 e. The molecule has 4 heteroatoms. The number of anilines is 1. The molecule has 100 valence electrons. The summed E-state index contributed by atoms with van der Waals surface area (Å²) in [6.45, 7) is 5.45. The molecule has 2 rings (SSSR count). The molecule has 0 aliphatic rings. The standard InChI is InChI=1S/C16H16N4/c1-3-4-12(8-18-2)13-5-14(7-16(17)6-13)15-9-19-11-20-10-15/h3-11H,2,17H2,1H3/b4-3-,12-8+. The first-order valence-electron chi connectivity index (χ1n) is 6.19. The summed E-state index contributed by atoms with van der Waals surface area (Å²) in [4.78, 5) is 11.9. The predicted octanol–water partition coefficient (Wildman–Crippen LogP) is 3.34. The maximum Gasteiger partial charge on any atom is 0.115 e. The Morgan fingerprint density at radius 3 is 2.60 bits per heavy atom. The topological polar surface area (TPSA) is 64.2 Å². The number of nitrogen functional groups attached to an aromatic ring is 1. The van der Waals surface area contributed by atoms with Gasteiger partial charge in [0.05, 0.1) is 0 Å². The van der Waals surface area contributed by atoms with Crippen LogP contribution in [0.25, 0.3) is 16.7 Å². The van der Waals surface area contributed by atoms with Crippen LogP contribution < -0.4 is 5.73 Å². The van der Waals surface area contributed by atoms with E-state index in [4.69, 9.17) is 5.73 Å². The van der Waals surface area contributed by atoms with E-state index in [0.29, 0.717) is 5.69 Å². The molecule has 2 aromatic rings. The van der Waals surface area contributed by atoms with Crippen LogP contribution in [-0.4, -0.2) is 16.7 Å². The van der Waals surface area contributed by atoms with Gasteiger partial charge in [-0.05, 0) is 48.5 Å². The summed E-state index contributed by atoms with van der Waals surface area (Å²) in [6.07, 6.45) is 10.6. The van der Waals surface area contributed by atoms with E-state index in [2.05, 4.69) is 21.7 Å². The Hall–Kier alpha value is -2.75. The molecule has 0 amide bonds. The van der Waals surface area contributed by atoms with Gasteiger partial charge in [-0.25, -0.2) is 9.97 Å². The van der Waals surface area contributed by atoms with E-state index >= 15 is 0 Å².